The maximum atomic E-state index is 13.1. The molecule has 0 saturated carbocycles. The molecule has 0 aromatic heterocycles. The summed E-state index contributed by atoms with van der Waals surface area (Å²) in [4.78, 5) is 25.9. The van der Waals surface area contributed by atoms with Crippen LogP contribution < -0.4 is 25.7 Å². The Labute approximate surface area is 169 Å². The predicted molar refractivity (Wildman–Crippen MR) is 107 cm³/mol. The summed E-state index contributed by atoms with van der Waals surface area (Å²) in [7, 11) is 2.88. The van der Waals surface area contributed by atoms with Crippen molar-refractivity contribution in [2.24, 2.45) is 11.5 Å². The summed E-state index contributed by atoms with van der Waals surface area (Å²) < 4.78 is 16.1. The third kappa shape index (κ3) is 4.43. The number of likely N-dealkylation sites (tertiary alicyclic amines) is 1. The van der Waals surface area contributed by atoms with Gasteiger partial charge >= 0.3 is 0 Å². The summed E-state index contributed by atoms with van der Waals surface area (Å²) >= 11 is 0. The van der Waals surface area contributed by atoms with E-state index in [2.05, 4.69) is 0 Å². The fourth-order valence-corrected chi connectivity index (χ4v) is 3.52. The van der Waals surface area contributed by atoms with Crippen LogP contribution in [0.1, 0.15) is 21.8 Å². The van der Waals surface area contributed by atoms with E-state index in [-0.39, 0.29) is 41.7 Å². The molecule has 2 atom stereocenters. The molecule has 0 aliphatic carbocycles. The normalized spacial score (nSPS) is 18.4. The minimum Gasteiger partial charge on any atom is -0.493 e. The third-order valence-electron chi connectivity index (χ3n) is 4.95. The van der Waals surface area contributed by atoms with Crippen molar-refractivity contribution in [3.8, 4) is 17.2 Å². The SMILES string of the molecule is COc1cc(C(=O)N2C[C@@H](N)[C@H](c3ccccc3)C2)cc(OC)c1OCC(N)=O. The molecule has 2 aromatic carbocycles. The van der Waals surface area contributed by atoms with Gasteiger partial charge in [-0.2, -0.15) is 0 Å². The lowest BCUT2D eigenvalue weighted by atomic mass is 9.95. The first-order chi connectivity index (χ1) is 13.9. The topological polar surface area (TPSA) is 117 Å². The summed E-state index contributed by atoms with van der Waals surface area (Å²) in [5, 5.41) is 0. The molecular weight excluding hydrogens is 374 g/mol. The van der Waals surface area contributed by atoms with E-state index < -0.39 is 5.91 Å². The molecule has 1 saturated heterocycles. The number of amides is 2. The standard InChI is InChI=1S/C21H25N3O5/c1-27-17-8-14(9-18(28-2)20(17)29-12-19(23)25)21(26)24-10-15(16(22)11-24)13-6-4-3-5-7-13/h3-9,15-16H,10-12,22H2,1-2H3,(H2,23,25)/t15-,16+/m0/s1. The van der Waals surface area contributed by atoms with Gasteiger partial charge in [-0.3, -0.25) is 9.59 Å². The van der Waals surface area contributed by atoms with Crippen molar-refractivity contribution in [1.82, 2.24) is 4.90 Å². The second-order valence-corrected chi connectivity index (χ2v) is 6.86. The number of carbonyl (C=O) groups excluding carboxylic acids is 2. The molecule has 0 unspecified atom stereocenters. The van der Waals surface area contributed by atoms with E-state index in [1.807, 2.05) is 30.3 Å². The van der Waals surface area contributed by atoms with Gasteiger partial charge in [0.05, 0.1) is 14.2 Å². The molecule has 0 spiro atoms. The van der Waals surface area contributed by atoms with Crippen LogP contribution in [0.2, 0.25) is 0 Å². The molecule has 1 aliphatic rings. The van der Waals surface area contributed by atoms with Gasteiger partial charge in [0.2, 0.25) is 5.75 Å². The first-order valence-electron chi connectivity index (χ1n) is 9.21. The Hall–Kier alpha value is -3.26. The lowest BCUT2D eigenvalue weighted by Crippen LogP contribution is -2.32. The van der Waals surface area contributed by atoms with Gasteiger partial charge in [0, 0.05) is 30.6 Å². The second-order valence-electron chi connectivity index (χ2n) is 6.86. The molecule has 2 amide bonds. The lowest BCUT2D eigenvalue weighted by molar-refractivity contribution is -0.120. The molecule has 2 aromatic rings. The van der Waals surface area contributed by atoms with Crippen molar-refractivity contribution < 1.29 is 23.8 Å². The minimum absolute atomic E-state index is 0.0714. The van der Waals surface area contributed by atoms with Crippen LogP contribution in [0, 0.1) is 0 Å². The largest absolute Gasteiger partial charge is 0.493 e. The predicted octanol–water partition coefficient (Wildman–Crippen LogP) is 1.13. The zero-order valence-corrected chi connectivity index (χ0v) is 16.5. The molecule has 154 valence electrons. The van der Waals surface area contributed by atoms with Gasteiger partial charge in [-0.1, -0.05) is 30.3 Å². The number of methoxy groups -OCH3 is 2. The average molecular weight is 399 g/mol. The summed E-state index contributed by atoms with van der Waals surface area (Å²) in [6, 6.07) is 12.9. The number of rotatable bonds is 7. The Bertz CT molecular complexity index is 862. The van der Waals surface area contributed by atoms with Crippen molar-refractivity contribution in [1.29, 1.82) is 0 Å². The van der Waals surface area contributed by atoms with Crippen molar-refractivity contribution >= 4 is 11.8 Å². The van der Waals surface area contributed by atoms with Crippen LogP contribution in [0.5, 0.6) is 17.2 Å². The van der Waals surface area contributed by atoms with E-state index in [0.29, 0.717) is 18.7 Å². The molecule has 8 heteroatoms. The number of nitrogens with two attached hydrogens (primary N) is 2. The summed E-state index contributed by atoms with van der Waals surface area (Å²) in [6.45, 7) is 0.636. The van der Waals surface area contributed by atoms with Gasteiger partial charge < -0.3 is 30.6 Å². The molecule has 3 rings (SSSR count). The highest BCUT2D eigenvalue weighted by atomic mass is 16.5. The molecule has 1 heterocycles. The van der Waals surface area contributed by atoms with Crippen molar-refractivity contribution in [3.05, 3.63) is 53.6 Å². The van der Waals surface area contributed by atoms with E-state index in [0.717, 1.165) is 5.56 Å². The van der Waals surface area contributed by atoms with Crippen LogP contribution in [0.3, 0.4) is 0 Å². The maximum absolute atomic E-state index is 13.1. The van der Waals surface area contributed by atoms with E-state index in [4.69, 9.17) is 25.7 Å². The Kier molecular flexibility index (Phi) is 6.23. The number of benzene rings is 2. The molecule has 4 N–H and O–H groups in total. The Morgan fingerprint density at radius 3 is 2.24 bits per heavy atom. The molecule has 0 bridgehead atoms. The molecule has 1 fully saturated rings. The quantitative estimate of drug-likeness (QED) is 0.721. The second kappa shape index (κ2) is 8.83. The molecule has 1 aliphatic heterocycles. The highest BCUT2D eigenvalue weighted by Gasteiger charge is 2.34. The van der Waals surface area contributed by atoms with Crippen molar-refractivity contribution in [2.75, 3.05) is 33.9 Å². The molecular formula is C21H25N3O5. The fraction of sp³-hybridized carbons (Fsp3) is 0.333. The van der Waals surface area contributed by atoms with Gasteiger partial charge in [-0.25, -0.2) is 0 Å². The third-order valence-corrected chi connectivity index (χ3v) is 4.95. The summed E-state index contributed by atoms with van der Waals surface area (Å²) in [5.41, 5.74) is 12.9. The van der Waals surface area contributed by atoms with E-state index in [1.165, 1.54) is 14.2 Å². The first kappa shape index (κ1) is 20.5. The van der Waals surface area contributed by atoms with Gasteiger partial charge in [0.15, 0.2) is 18.1 Å². The van der Waals surface area contributed by atoms with Crippen LogP contribution in [-0.4, -0.2) is 56.7 Å². The van der Waals surface area contributed by atoms with E-state index >= 15 is 0 Å². The number of nitrogens with zero attached hydrogens (tertiary/aromatic N) is 1. The summed E-state index contributed by atoms with van der Waals surface area (Å²) in [5.74, 6) is 0.0195. The Balaban J connectivity index is 1.84. The van der Waals surface area contributed by atoms with Gasteiger partial charge in [-0.05, 0) is 17.7 Å². The van der Waals surface area contributed by atoms with Crippen LogP contribution in [0.4, 0.5) is 0 Å². The number of hydrogen-bond acceptors (Lipinski definition) is 6. The number of primary amides is 1. The zero-order chi connectivity index (χ0) is 21.0. The van der Waals surface area contributed by atoms with Gasteiger partial charge in [0.25, 0.3) is 11.8 Å². The zero-order valence-electron chi connectivity index (χ0n) is 16.5. The number of carbonyl (C=O) groups is 2. The molecule has 8 nitrogen and oxygen atoms in total. The smallest absolute Gasteiger partial charge is 0.255 e. The van der Waals surface area contributed by atoms with Crippen molar-refractivity contribution in [2.45, 2.75) is 12.0 Å². The van der Waals surface area contributed by atoms with E-state index in [9.17, 15) is 9.59 Å². The number of ether oxygens (including phenoxy) is 3. The maximum Gasteiger partial charge on any atom is 0.255 e. The Morgan fingerprint density at radius 2 is 1.69 bits per heavy atom. The van der Waals surface area contributed by atoms with Crippen LogP contribution in [0.15, 0.2) is 42.5 Å². The fourth-order valence-electron chi connectivity index (χ4n) is 3.52. The van der Waals surface area contributed by atoms with Crippen LogP contribution >= 0.6 is 0 Å². The van der Waals surface area contributed by atoms with Gasteiger partial charge in [0.1, 0.15) is 0 Å². The summed E-state index contributed by atoms with van der Waals surface area (Å²) in [6.07, 6.45) is 0. The molecule has 0 radical (unpaired) electrons. The van der Waals surface area contributed by atoms with Crippen LogP contribution in [0.25, 0.3) is 0 Å². The lowest BCUT2D eigenvalue weighted by Gasteiger charge is -2.19. The number of hydrogen-bond donors (Lipinski definition) is 2. The first-order valence-corrected chi connectivity index (χ1v) is 9.21. The highest BCUT2D eigenvalue weighted by molar-refractivity contribution is 5.96. The van der Waals surface area contributed by atoms with Crippen LogP contribution in [-0.2, 0) is 4.79 Å². The van der Waals surface area contributed by atoms with Gasteiger partial charge in [-0.15, -0.1) is 0 Å². The Morgan fingerprint density at radius 1 is 1.07 bits per heavy atom. The molecule has 29 heavy (non-hydrogen) atoms. The van der Waals surface area contributed by atoms with E-state index in [1.54, 1.807) is 17.0 Å². The average Bonchev–Trinajstić information content (AvgIpc) is 3.13. The van der Waals surface area contributed by atoms with Crippen molar-refractivity contribution in [3.63, 3.8) is 0 Å². The minimum atomic E-state index is -0.632. The highest BCUT2D eigenvalue weighted by Crippen LogP contribution is 2.39. The monoisotopic (exact) mass is 399 g/mol.